The number of benzene rings is 1. The van der Waals surface area contributed by atoms with Crippen molar-refractivity contribution >= 4 is 17.0 Å². The number of rotatable bonds is 4. The molecule has 2 atom stereocenters. The molecule has 1 unspecified atom stereocenters. The first kappa shape index (κ1) is 15.9. The molecule has 1 N–H and O–H groups in total. The number of non-ortho nitro benzene ring substituents is 1. The lowest BCUT2D eigenvalue weighted by atomic mass is 10.1. The van der Waals surface area contributed by atoms with Crippen LogP contribution in [-0.2, 0) is 11.4 Å². The Labute approximate surface area is 114 Å². The Morgan fingerprint density at radius 1 is 1.42 bits per heavy atom. The highest BCUT2D eigenvalue weighted by Crippen LogP contribution is 2.25. The molecule has 0 saturated heterocycles. The van der Waals surface area contributed by atoms with Crippen LogP contribution in [0.1, 0.15) is 39.3 Å². The fraction of sp³-hybridized carbons (Fsp3) is 0.500. The molecule has 0 aromatic heterocycles. The number of nitrogens with one attached hydrogen (secondary N) is 1. The Morgan fingerprint density at radius 3 is 2.47 bits per heavy atom. The Balaban J connectivity index is 2.96. The molecule has 0 fully saturated rings. The second-order valence-corrected chi connectivity index (χ2v) is 7.18. The zero-order chi connectivity index (χ0) is 14.8. The van der Waals surface area contributed by atoms with E-state index in [4.69, 9.17) is 0 Å². The van der Waals surface area contributed by atoms with Crippen molar-refractivity contribution in [2.75, 3.05) is 0 Å². The molecule has 1 aromatic rings. The molecule has 0 amide bonds. The predicted molar refractivity (Wildman–Crippen MR) is 72.5 cm³/mol. The van der Waals surface area contributed by atoms with Crippen LogP contribution in [0, 0.1) is 15.9 Å². The summed E-state index contributed by atoms with van der Waals surface area (Å²) in [6.45, 7) is 6.97. The third-order valence-electron chi connectivity index (χ3n) is 2.50. The van der Waals surface area contributed by atoms with Crippen LogP contribution in [0.5, 0.6) is 0 Å². The summed E-state index contributed by atoms with van der Waals surface area (Å²) < 4.78 is 27.8. The smallest absolute Gasteiger partial charge is 0.269 e. The van der Waals surface area contributed by atoms with E-state index in [0.29, 0.717) is 0 Å². The van der Waals surface area contributed by atoms with Crippen LogP contribution < -0.4 is 4.72 Å². The molecule has 7 heteroatoms. The van der Waals surface area contributed by atoms with Crippen molar-refractivity contribution in [2.24, 2.45) is 0 Å². The third kappa shape index (κ3) is 4.15. The van der Waals surface area contributed by atoms with Gasteiger partial charge in [-0.15, -0.1) is 4.72 Å². The molecule has 106 valence electrons. The fourth-order valence-electron chi connectivity index (χ4n) is 1.38. The maximum atomic E-state index is 13.7. The maximum Gasteiger partial charge on any atom is 0.269 e. The summed E-state index contributed by atoms with van der Waals surface area (Å²) in [5, 5.41) is 10.7. The van der Waals surface area contributed by atoms with Gasteiger partial charge in [-0.25, -0.2) is 4.39 Å². The number of nitro groups is 1. The maximum absolute atomic E-state index is 13.7. The van der Waals surface area contributed by atoms with Crippen LogP contribution in [0.3, 0.4) is 0 Å². The van der Waals surface area contributed by atoms with E-state index < -0.39 is 32.9 Å². The number of hydrogen-bond donors (Lipinski definition) is 1. The van der Waals surface area contributed by atoms with Gasteiger partial charge in [-0.1, -0.05) is 0 Å². The highest BCUT2D eigenvalue weighted by atomic mass is 32.2. The molecule has 0 saturated carbocycles. The van der Waals surface area contributed by atoms with Gasteiger partial charge in [0.25, 0.3) is 5.69 Å². The van der Waals surface area contributed by atoms with Gasteiger partial charge in [-0.05, 0) is 33.8 Å². The van der Waals surface area contributed by atoms with Gasteiger partial charge in [0.05, 0.1) is 11.0 Å². The zero-order valence-corrected chi connectivity index (χ0v) is 12.1. The van der Waals surface area contributed by atoms with Crippen molar-refractivity contribution < 1.29 is 13.9 Å². The summed E-state index contributed by atoms with van der Waals surface area (Å²) in [6.07, 6.45) is 0. The first-order valence-corrected chi connectivity index (χ1v) is 6.90. The molecule has 5 nitrogen and oxygen atoms in total. The number of halogens is 1. The Kier molecular flexibility index (Phi) is 4.89. The lowest BCUT2D eigenvalue weighted by molar-refractivity contribution is -0.385. The molecular weight excluding hydrogens is 271 g/mol. The van der Waals surface area contributed by atoms with E-state index in [1.54, 1.807) is 27.7 Å². The van der Waals surface area contributed by atoms with Crippen LogP contribution in [0.4, 0.5) is 10.1 Å². The van der Waals surface area contributed by atoms with Crippen molar-refractivity contribution in [3.8, 4) is 0 Å². The Bertz CT molecular complexity index is 477. The minimum absolute atomic E-state index is 0.131. The number of nitrogens with zero attached hydrogens (tertiary/aromatic N) is 1. The monoisotopic (exact) mass is 288 g/mol. The highest BCUT2D eigenvalue weighted by molar-refractivity contribution is 7.90. The van der Waals surface area contributed by atoms with Crippen molar-refractivity contribution in [3.05, 3.63) is 39.7 Å². The number of nitro benzene ring substituents is 1. The second-order valence-electron chi connectivity index (χ2n) is 5.18. The molecule has 0 bridgehead atoms. The molecule has 1 rings (SSSR count). The second kappa shape index (κ2) is 5.85. The van der Waals surface area contributed by atoms with Gasteiger partial charge in [-0.3, -0.25) is 10.1 Å². The van der Waals surface area contributed by atoms with E-state index in [9.17, 15) is 19.1 Å². The topological polar surface area (TPSA) is 78.2 Å². The minimum Gasteiger partial charge on any atom is -0.598 e. The first-order valence-electron chi connectivity index (χ1n) is 5.75. The van der Waals surface area contributed by atoms with E-state index in [1.807, 2.05) is 0 Å². The van der Waals surface area contributed by atoms with Crippen LogP contribution in [0.15, 0.2) is 18.2 Å². The lowest BCUT2D eigenvalue weighted by Gasteiger charge is -2.26. The van der Waals surface area contributed by atoms with Crippen molar-refractivity contribution in [1.82, 2.24) is 4.72 Å². The molecule has 0 heterocycles. The van der Waals surface area contributed by atoms with Gasteiger partial charge >= 0.3 is 0 Å². The van der Waals surface area contributed by atoms with Gasteiger partial charge in [0, 0.05) is 29.1 Å². The van der Waals surface area contributed by atoms with Crippen LogP contribution in [0.25, 0.3) is 0 Å². The largest absolute Gasteiger partial charge is 0.598 e. The van der Waals surface area contributed by atoms with Crippen LogP contribution >= 0.6 is 0 Å². The SMILES string of the molecule is C[C@H](N[S+]([O-])C(C)(C)C)c1cc([N+](=O)[O-])ccc1F. The van der Waals surface area contributed by atoms with Crippen molar-refractivity contribution in [3.63, 3.8) is 0 Å². The zero-order valence-electron chi connectivity index (χ0n) is 11.3. The summed E-state index contributed by atoms with van der Waals surface area (Å²) in [6, 6.07) is 2.73. The van der Waals surface area contributed by atoms with E-state index in [0.717, 1.165) is 18.2 Å². The minimum atomic E-state index is -1.38. The summed E-state index contributed by atoms with van der Waals surface area (Å²) >= 11 is -1.38. The van der Waals surface area contributed by atoms with E-state index in [1.165, 1.54) is 0 Å². The van der Waals surface area contributed by atoms with E-state index >= 15 is 0 Å². The van der Waals surface area contributed by atoms with Gasteiger partial charge < -0.3 is 4.55 Å². The predicted octanol–water partition coefficient (Wildman–Crippen LogP) is 2.85. The van der Waals surface area contributed by atoms with E-state index in [2.05, 4.69) is 4.72 Å². The fourth-order valence-corrected chi connectivity index (χ4v) is 2.18. The molecule has 0 spiro atoms. The van der Waals surface area contributed by atoms with Gasteiger partial charge in [0.15, 0.2) is 0 Å². The standard InChI is InChI=1S/C12H17FN2O3S/c1-8(14-19(18)12(2,3)4)10-7-9(15(16)17)5-6-11(10)13/h5-8,14H,1-4H3/t8-,19?/m0/s1. The summed E-state index contributed by atoms with van der Waals surface area (Å²) in [4.78, 5) is 10.1. The Morgan fingerprint density at radius 2 is 2.00 bits per heavy atom. The average Bonchev–Trinajstić information content (AvgIpc) is 2.27. The van der Waals surface area contributed by atoms with Crippen molar-refractivity contribution in [2.45, 2.75) is 38.5 Å². The molecule has 0 aliphatic carbocycles. The van der Waals surface area contributed by atoms with Gasteiger partial charge in [0.1, 0.15) is 10.6 Å². The molecular formula is C12H17FN2O3S. The lowest BCUT2D eigenvalue weighted by Crippen LogP contribution is -2.40. The third-order valence-corrected chi connectivity index (χ3v) is 4.18. The quantitative estimate of drug-likeness (QED) is 0.525. The number of hydrogen-bond acceptors (Lipinski definition) is 4. The first-order chi connectivity index (χ1) is 8.62. The molecule has 1 aromatic carbocycles. The summed E-state index contributed by atoms with van der Waals surface area (Å²) in [7, 11) is 0. The Hall–Kier alpha value is -1.18. The molecule has 0 aliphatic rings. The highest BCUT2D eigenvalue weighted by Gasteiger charge is 2.29. The van der Waals surface area contributed by atoms with Gasteiger partial charge in [-0.2, -0.15) is 0 Å². The van der Waals surface area contributed by atoms with Crippen LogP contribution in [0.2, 0.25) is 0 Å². The van der Waals surface area contributed by atoms with Crippen LogP contribution in [-0.4, -0.2) is 14.2 Å². The van der Waals surface area contributed by atoms with E-state index in [-0.39, 0.29) is 11.3 Å². The summed E-state index contributed by atoms with van der Waals surface area (Å²) in [5.74, 6) is -0.559. The average molecular weight is 288 g/mol. The molecule has 0 radical (unpaired) electrons. The molecule has 0 aliphatic heterocycles. The summed E-state index contributed by atoms with van der Waals surface area (Å²) in [5.41, 5.74) is -0.0570. The van der Waals surface area contributed by atoms with Crippen molar-refractivity contribution in [1.29, 1.82) is 0 Å². The normalized spacial score (nSPS) is 15.1. The molecule has 19 heavy (non-hydrogen) atoms. The van der Waals surface area contributed by atoms with Gasteiger partial charge in [0.2, 0.25) is 0 Å².